The van der Waals surface area contributed by atoms with Crippen molar-refractivity contribution >= 4 is 23.9 Å². The Labute approximate surface area is 212 Å². The largest absolute Gasteiger partial charge is 0.620 e. The average molecular weight is 496 g/mol. The van der Waals surface area contributed by atoms with Crippen LogP contribution in [0.2, 0.25) is 0 Å². The quantitative estimate of drug-likeness (QED) is 0.247. The maximum atomic E-state index is 13.0. The molecule has 0 atom stereocenters. The minimum Gasteiger partial charge on any atom is -0.348 e. The van der Waals surface area contributed by atoms with Crippen molar-refractivity contribution in [3.8, 4) is 0 Å². The third-order valence-electron chi connectivity index (χ3n) is 4.91. The summed E-state index contributed by atoms with van der Waals surface area (Å²) in [4.78, 5) is 52.1. The van der Waals surface area contributed by atoms with E-state index in [1.54, 1.807) is 72.8 Å². The molecule has 0 bridgehead atoms. The standard InChI is InChI=1S/C29H20O8/c30-25(21-13-5-1-6-14-21)34-29(35-26(31)22-15-7-2-8-16-22,36-27(32)23-17-9-3-10-18-23)37-28(33)24-19-11-4-12-20-24/h1-20H. The Bertz CT molecular complexity index is 1150. The molecule has 0 saturated carbocycles. The van der Waals surface area contributed by atoms with E-state index < -0.39 is 30.0 Å². The fraction of sp³-hybridized carbons (Fsp3) is 0.0345. The molecule has 0 unspecified atom stereocenters. The molecular weight excluding hydrogens is 476 g/mol. The number of rotatable bonds is 8. The van der Waals surface area contributed by atoms with Gasteiger partial charge in [-0.2, -0.15) is 0 Å². The average Bonchev–Trinajstić information content (AvgIpc) is 2.94. The molecule has 4 rings (SSSR count). The predicted molar refractivity (Wildman–Crippen MR) is 130 cm³/mol. The van der Waals surface area contributed by atoms with Gasteiger partial charge in [-0.3, -0.25) is 0 Å². The van der Waals surface area contributed by atoms with Gasteiger partial charge in [0, 0.05) is 0 Å². The van der Waals surface area contributed by atoms with Crippen LogP contribution in [-0.2, 0) is 18.9 Å². The zero-order valence-corrected chi connectivity index (χ0v) is 19.3. The number of esters is 4. The van der Waals surface area contributed by atoms with Gasteiger partial charge in [0.1, 0.15) is 0 Å². The van der Waals surface area contributed by atoms with Gasteiger partial charge in [0.25, 0.3) is 0 Å². The number of ether oxygens (including phenoxy) is 4. The van der Waals surface area contributed by atoms with E-state index >= 15 is 0 Å². The molecule has 0 heterocycles. The molecule has 0 spiro atoms. The van der Waals surface area contributed by atoms with Crippen molar-refractivity contribution in [1.82, 2.24) is 0 Å². The Kier molecular flexibility index (Phi) is 7.70. The van der Waals surface area contributed by atoms with E-state index in [2.05, 4.69) is 0 Å². The van der Waals surface area contributed by atoms with E-state index in [4.69, 9.17) is 18.9 Å². The van der Waals surface area contributed by atoms with Gasteiger partial charge < -0.3 is 18.9 Å². The second-order valence-corrected chi connectivity index (χ2v) is 7.52. The summed E-state index contributed by atoms with van der Waals surface area (Å²) in [7, 11) is 0. The van der Waals surface area contributed by atoms with E-state index in [0.29, 0.717) is 0 Å². The summed E-state index contributed by atoms with van der Waals surface area (Å²) in [5.74, 6) is -4.32. The van der Waals surface area contributed by atoms with Crippen molar-refractivity contribution < 1.29 is 38.1 Å². The Morgan fingerprint density at radius 2 is 0.541 bits per heavy atom. The summed E-state index contributed by atoms with van der Waals surface area (Å²) >= 11 is 0. The molecule has 0 amide bonds. The first kappa shape index (κ1) is 24.9. The highest BCUT2D eigenvalue weighted by Gasteiger charge is 2.50. The van der Waals surface area contributed by atoms with Crippen molar-refractivity contribution in [3.05, 3.63) is 144 Å². The molecule has 0 aromatic heterocycles. The second-order valence-electron chi connectivity index (χ2n) is 7.52. The Hall–Kier alpha value is -5.24. The molecule has 0 N–H and O–H groups in total. The van der Waals surface area contributed by atoms with Crippen molar-refractivity contribution in [1.29, 1.82) is 0 Å². The number of benzene rings is 4. The molecule has 4 aromatic rings. The third kappa shape index (κ3) is 6.46. The summed E-state index contributed by atoms with van der Waals surface area (Å²) < 4.78 is 21.3. The first-order valence-corrected chi connectivity index (χ1v) is 11.1. The molecule has 0 saturated heterocycles. The van der Waals surface area contributed by atoms with Crippen LogP contribution >= 0.6 is 0 Å². The summed E-state index contributed by atoms with van der Waals surface area (Å²) in [6, 6.07) is 30.6. The minimum absolute atomic E-state index is 0.0224. The SMILES string of the molecule is O=C(OC(OC(=O)c1ccccc1)(OC(=O)c1ccccc1)OC(=O)c1ccccc1)c1ccccc1. The molecular formula is C29H20O8. The van der Waals surface area contributed by atoms with Gasteiger partial charge in [-0.05, 0) is 48.5 Å². The van der Waals surface area contributed by atoms with Gasteiger partial charge in [0.05, 0.1) is 22.3 Å². The summed E-state index contributed by atoms with van der Waals surface area (Å²) in [6.07, 6.45) is -3.19. The predicted octanol–water partition coefficient (Wildman–Crippen LogP) is 5.03. The first-order chi connectivity index (χ1) is 18.0. The number of hydrogen-bond donors (Lipinski definition) is 0. The monoisotopic (exact) mass is 496 g/mol. The Balaban J connectivity index is 1.75. The molecule has 37 heavy (non-hydrogen) atoms. The fourth-order valence-corrected chi connectivity index (χ4v) is 3.11. The van der Waals surface area contributed by atoms with E-state index in [1.165, 1.54) is 48.5 Å². The smallest absolute Gasteiger partial charge is 0.348 e. The summed E-state index contributed by atoms with van der Waals surface area (Å²) in [5.41, 5.74) is 0.0895. The van der Waals surface area contributed by atoms with Gasteiger partial charge in [0.15, 0.2) is 0 Å². The van der Waals surface area contributed by atoms with E-state index in [1.807, 2.05) is 0 Å². The zero-order chi connectivity index (χ0) is 26.1. The normalized spacial score (nSPS) is 10.6. The van der Waals surface area contributed by atoms with Crippen LogP contribution in [0.1, 0.15) is 41.4 Å². The lowest BCUT2D eigenvalue weighted by molar-refractivity contribution is -0.413. The van der Waals surface area contributed by atoms with Gasteiger partial charge in [-0.15, -0.1) is 0 Å². The molecule has 0 aliphatic rings. The molecule has 0 aliphatic carbocycles. The van der Waals surface area contributed by atoms with E-state index in [0.717, 1.165) is 0 Å². The highest BCUT2D eigenvalue weighted by Crippen LogP contribution is 2.26. The molecule has 0 aliphatic heterocycles. The van der Waals surface area contributed by atoms with Gasteiger partial charge in [0.2, 0.25) is 0 Å². The Morgan fingerprint density at radius 3 is 0.730 bits per heavy atom. The maximum Gasteiger partial charge on any atom is 0.620 e. The Morgan fingerprint density at radius 1 is 0.351 bits per heavy atom. The molecule has 4 aromatic carbocycles. The van der Waals surface area contributed by atoms with Crippen molar-refractivity contribution in [2.45, 2.75) is 6.16 Å². The third-order valence-corrected chi connectivity index (χ3v) is 4.91. The van der Waals surface area contributed by atoms with Crippen LogP contribution in [0, 0.1) is 0 Å². The molecule has 8 nitrogen and oxygen atoms in total. The highest BCUT2D eigenvalue weighted by atomic mass is 17.0. The first-order valence-electron chi connectivity index (χ1n) is 11.1. The topological polar surface area (TPSA) is 105 Å². The lowest BCUT2D eigenvalue weighted by Crippen LogP contribution is -2.48. The van der Waals surface area contributed by atoms with Crippen LogP contribution in [0.5, 0.6) is 0 Å². The molecule has 0 radical (unpaired) electrons. The lowest BCUT2D eigenvalue weighted by atomic mass is 10.2. The maximum absolute atomic E-state index is 13.0. The molecule has 0 fully saturated rings. The van der Waals surface area contributed by atoms with Crippen molar-refractivity contribution in [3.63, 3.8) is 0 Å². The molecule has 184 valence electrons. The molecule has 8 heteroatoms. The number of hydrogen-bond acceptors (Lipinski definition) is 8. The second kappa shape index (κ2) is 11.5. The van der Waals surface area contributed by atoms with Crippen LogP contribution in [0.15, 0.2) is 121 Å². The number of carbonyl (C=O) groups excluding carboxylic acids is 4. The van der Waals surface area contributed by atoms with Crippen LogP contribution in [0.3, 0.4) is 0 Å². The van der Waals surface area contributed by atoms with E-state index in [-0.39, 0.29) is 22.3 Å². The summed E-state index contributed by atoms with van der Waals surface area (Å²) in [5, 5.41) is 0. The van der Waals surface area contributed by atoms with E-state index in [9.17, 15) is 19.2 Å². The highest BCUT2D eigenvalue weighted by molar-refractivity contribution is 5.94. The minimum atomic E-state index is -3.19. The van der Waals surface area contributed by atoms with Crippen LogP contribution in [0.25, 0.3) is 0 Å². The number of carbonyl (C=O) groups is 4. The lowest BCUT2D eigenvalue weighted by Gasteiger charge is -2.29. The van der Waals surface area contributed by atoms with Crippen molar-refractivity contribution in [2.75, 3.05) is 0 Å². The van der Waals surface area contributed by atoms with Crippen LogP contribution < -0.4 is 0 Å². The van der Waals surface area contributed by atoms with Gasteiger partial charge in [-0.25, -0.2) is 19.2 Å². The summed E-state index contributed by atoms with van der Waals surface area (Å²) in [6.45, 7) is 0. The van der Waals surface area contributed by atoms with Gasteiger partial charge >= 0.3 is 30.0 Å². The van der Waals surface area contributed by atoms with Crippen LogP contribution in [-0.4, -0.2) is 30.0 Å². The zero-order valence-electron chi connectivity index (χ0n) is 19.3. The van der Waals surface area contributed by atoms with Gasteiger partial charge in [-0.1, -0.05) is 72.8 Å². The fourth-order valence-electron chi connectivity index (χ4n) is 3.11. The van der Waals surface area contributed by atoms with Crippen LogP contribution in [0.4, 0.5) is 0 Å². The van der Waals surface area contributed by atoms with Crippen molar-refractivity contribution in [2.24, 2.45) is 0 Å².